The van der Waals surface area contributed by atoms with Gasteiger partial charge in [0.15, 0.2) is 0 Å². The van der Waals surface area contributed by atoms with Crippen LogP contribution in [0, 0.1) is 0 Å². The number of nitrogens with one attached hydrogen (secondary N) is 2. The van der Waals surface area contributed by atoms with Crippen LogP contribution in [-0.2, 0) is 11.3 Å². The maximum absolute atomic E-state index is 12.6. The summed E-state index contributed by atoms with van der Waals surface area (Å²) in [6.07, 6.45) is 7.39. The number of urea groups is 1. The molecule has 174 valence electrons. The Labute approximate surface area is 193 Å². The number of ether oxygens (including phenoxy) is 1. The number of carbonyl (C=O) groups excluding carboxylic acids is 1. The van der Waals surface area contributed by atoms with E-state index >= 15 is 0 Å². The number of nitrogens with zero attached hydrogens (tertiary/aromatic N) is 5. The third-order valence-electron chi connectivity index (χ3n) is 6.45. The Balaban J connectivity index is 1.11. The number of benzene rings is 1. The zero-order chi connectivity index (χ0) is 22.5. The van der Waals surface area contributed by atoms with Crippen LogP contribution in [-0.4, -0.2) is 77.4 Å². The van der Waals surface area contributed by atoms with Crippen LogP contribution >= 0.6 is 0 Å². The van der Waals surface area contributed by atoms with Crippen LogP contribution in [0.1, 0.15) is 12.8 Å². The molecular weight excluding hydrogens is 418 g/mol. The third-order valence-corrected chi connectivity index (χ3v) is 6.45. The van der Waals surface area contributed by atoms with Gasteiger partial charge in [-0.25, -0.2) is 14.8 Å². The predicted octanol–water partition coefficient (Wildman–Crippen LogP) is 2.55. The van der Waals surface area contributed by atoms with E-state index in [1.165, 1.54) is 5.52 Å². The number of rotatable bonds is 6. The number of morpholine rings is 1. The van der Waals surface area contributed by atoms with Crippen LogP contribution in [0.2, 0.25) is 0 Å². The lowest BCUT2D eigenvalue weighted by Crippen LogP contribution is -2.46. The first-order valence-corrected chi connectivity index (χ1v) is 11.7. The Morgan fingerprint density at radius 2 is 1.82 bits per heavy atom. The van der Waals surface area contributed by atoms with E-state index in [-0.39, 0.29) is 12.1 Å². The Morgan fingerprint density at radius 1 is 1.03 bits per heavy atom. The van der Waals surface area contributed by atoms with Gasteiger partial charge >= 0.3 is 6.03 Å². The number of fused-ring (bicyclic) bond motifs is 1. The first kappa shape index (κ1) is 21.7. The zero-order valence-electron chi connectivity index (χ0n) is 18.8. The standard InChI is InChI=1S/C24H31N7O2/c32-24(27-20-5-10-31(11-6-20)23-25-7-1-8-26-23)28-21-2-3-22-19(18-21)4-9-30(22)13-12-29-14-16-33-17-15-29/h1-4,7-9,18,20H,5-6,10-17H2,(H2,27,28,32). The second-order valence-electron chi connectivity index (χ2n) is 8.65. The maximum atomic E-state index is 12.6. The van der Waals surface area contributed by atoms with Crippen LogP contribution < -0.4 is 15.5 Å². The van der Waals surface area contributed by atoms with Crippen molar-refractivity contribution in [2.45, 2.75) is 25.4 Å². The fourth-order valence-electron chi connectivity index (χ4n) is 4.58. The fourth-order valence-corrected chi connectivity index (χ4v) is 4.58. The van der Waals surface area contributed by atoms with E-state index in [1.807, 2.05) is 18.2 Å². The summed E-state index contributed by atoms with van der Waals surface area (Å²) in [6, 6.07) is 10.0. The van der Waals surface area contributed by atoms with Crippen LogP contribution in [0.5, 0.6) is 0 Å². The number of aromatic nitrogens is 3. The van der Waals surface area contributed by atoms with Crippen LogP contribution in [0.3, 0.4) is 0 Å². The SMILES string of the molecule is O=C(Nc1ccc2c(ccn2CCN2CCOCC2)c1)NC1CCN(c2ncccn2)CC1. The molecule has 0 aliphatic carbocycles. The van der Waals surface area contributed by atoms with Crippen LogP contribution in [0.25, 0.3) is 10.9 Å². The normalized spacial score (nSPS) is 17.9. The van der Waals surface area contributed by atoms with Crippen molar-refractivity contribution in [2.75, 3.05) is 56.2 Å². The molecule has 9 nitrogen and oxygen atoms in total. The summed E-state index contributed by atoms with van der Waals surface area (Å²) in [5.41, 5.74) is 1.99. The van der Waals surface area contributed by atoms with Gasteiger partial charge in [-0.15, -0.1) is 0 Å². The van der Waals surface area contributed by atoms with Crippen molar-refractivity contribution in [3.8, 4) is 0 Å². The summed E-state index contributed by atoms with van der Waals surface area (Å²) in [7, 11) is 0. The Morgan fingerprint density at radius 3 is 2.61 bits per heavy atom. The van der Waals surface area contributed by atoms with Gasteiger partial charge in [0.05, 0.1) is 13.2 Å². The molecule has 0 atom stereocenters. The molecule has 9 heteroatoms. The van der Waals surface area contributed by atoms with Crippen molar-refractivity contribution in [1.29, 1.82) is 0 Å². The number of anilines is 2. The van der Waals surface area contributed by atoms with Gasteiger partial charge in [-0.1, -0.05) is 0 Å². The lowest BCUT2D eigenvalue weighted by atomic mass is 10.1. The monoisotopic (exact) mass is 449 g/mol. The quantitative estimate of drug-likeness (QED) is 0.602. The van der Waals surface area contributed by atoms with Crippen molar-refractivity contribution in [1.82, 2.24) is 24.8 Å². The number of piperidine rings is 1. The molecule has 0 bridgehead atoms. The topological polar surface area (TPSA) is 87.5 Å². The molecule has 33 heavy (non-hydrogen) atoms. The largest absolute Gasteiger partial charge is 0.379 e. The highest BCUT2D eigenvalue weighted by Crippen LogP contribution is 2.21. The highest BCUT2D eigenvalue weighted by atomic mass is 16.5. The lowest BCUT2D eigenvalue weighted by Gasteiger charge is -2.32. The lowest BCUT2D eigenvalue weighted by molar-refractivity contribution is 0.0365. The molecule has 0 unspecified atom stereocenters. The molecule has 2 aliphatic rings. The van der Waals surface area contributed by atoms with E-state index < -0.39 is 0 Å². The maximum Gasteiger partial charge on any atom is 0.319 e. The van der Waals surface area contributed by atoms with E-state index in [9.17, 15) is 4.79 Å². The number of hydrogen-bond donors (Lipinski definition) is 2. The second-order valence-corrected chi connectivity index (χ2v) is 8.65. The molecule has 0 spiro atoms. The van der Waals surface area contributed by atoms with Gasteiger partial charge in [0.25, 0.3) is 0 Å². The second kappa shape index (κ2) is 10.2. The van der Waals surface area contributed by atoms with E-state index in [4.69, 9.17) is 4.74 Å². The molecule has 2 N–H and O–H groups in total. The molecule has 2 aromatic heterocycles. The zero-order valence-corrected chi connectivity index (χ0v) is 18.8. The molecule has 5 rings (SSSR count). The van der Waals surface area contributed by atoms with Crippen molar-refractivity contribution >= 4 is 28.6 Å². The number of hydrogen-bond acceptors (Lipinski definition) is 6. The van der Waals surface area contributed by atoms with Gasteiger partial charge in [-0.2, -0.15) is 0 Å². The van der Waals surface area contributed by atoms with E-state index in [0.717, 1.165) is 82.3 Å². The summed E-state index contributed by atoms with van der Waals surface area (Å²) in [5, 5.41) is 7.24. The average molecular weight is 450 g/mol. The van der Waals surface area contributed by atoms with Gasteiger partial charge in [-0.3, -0.25) is 4.90 Å². The number of carbonyl (C=O) groups is 1. The summed E-state index contributed by atoms with van der Waals surface area (Å²) < 4.78 is 7.70. The summed E-state index contributed by atoms with van der Waals surface area (Å²) in [4.78, 5) is 25.8. The van der Waals surface area contributed by atoms with Crippen LogP contribution in [0.15, 0.2) is 48.9 Å². The Hall–Kier alpha value is -3.17. The minimum Gasteiger partial charge on any atom is -0.379 e. The van der Waals surface area contributed by atoms with Gasteiger partial charge < -0.3 is 24.8 Å². The molecule has 2 aliphatic heterocycles. The fraction of sp³-hybridized carbons (Fsp3) is 0.458. The molecule has 1 aromatic carbocycles. The highest BCUT2D eigenvalue weighted by Gasteiger charge is 2.22. The minimum absolute atomic E-state index is 0.148. The van der Waals surface area contributed by atoms with Crippen molar-refractivity contribution in [2.24, 2.45) is 0 Å². The van der Waals surface area contributed by atoms with Gasteiger partial charge in [-0.05, 0) is 43.2 Å². The molecule has 0 radical (unpaired) electrons. The van der Waals surface area contributed by atoms with Crippen LogP contribution in [0.4, 0.5) is 16.4 Å². The Bertz CT molecular complexity index is 1060. The molecule has 4 heterocycles. The van der Waals surface area contributed by atoms with E-state index in [0.29, 0.717) is 0 Å². The third kappa shape index (κ3) is 5.43. The van der Waals surface area contributed by atoms with Crippen molar-refractivity contribution < 1.29 is 9.53 Å². The Kier molecular flexibility index (Phi) is 6.68. The van der Waals surface area contributed by atoms with Gasteiger partial charge in [0.1, 0.15) is 0 Å². The molecule has 3 aromatic rings. The molecule has 2 fully saturated rings. The highest BCUT2D eigenvalue weighted by molar-refractivity contribution is 5.93. The average Bonchev–Trinajstić information content (AvgIpc) is 3.26. The van der Waals surface area contributed by atoms with Gasteiger partial charge in [0, 0.05) is 80.5 Å². The van der Waals surface area contributed by atoms with Crippen molar-refractivity contribution in [3.63, 3.8) is 0 Å². The summed E-state index contributed by atoms with van der Waals surface area (Å²) >= 11 is 0. The first-order valence-electron chi connectivity index (χ1n) is 11.7. The molecule has 2 amide bonds. The summed E-state index contributed by atoms with van der Waals surface area (Å²) in [6.45, 7) is 7.28. The summed E-state index contributed by atoms with van der Waals surface area (Å²) in [5.74, 6) is 0.755. The minimum atomic E-state index is -0.157. The smallest absolute Gasteiger partial charge is 0.319 e. The van der Waals surface area contributed by atoms with E-state index in [2.05, 4.69) is 53.3 Å². The molecule has 2 saturated heterocycles. The molecule has 0 saturated carbocycles. The van der Waals surface area contributed by atoms with Gasteiger partial charge in [0.2, 0.25) is 5.95 Å². The van der Waals surface area contributed by atoms with Crippen molar-refractivity contribution in [3.05, 3.63) is 48.9 Å². The first-order chi connectivity index (χ1) is 16.2. The predicted molar refractivity (Wildman–Crippen MR) is 129 cm³/mol. The number of amides is 2. The van der Waals surface area contributed by atoms with E-state index in [1.54, 1.807) is 12.4 Å². The molecular formula is C24H31N7O2.